The third-order valence-electron chi connectivity index (χ3n) is 5.39. The number of nitrogens with one attached hydrogen (secondary N) is 1. The molecule has 5 nitrogen and oxygen atoms in total. The Kier molecular flexibility index (Phi) is 8.33. The maximum Gasteiger partial charge on any atom is 0.230 e. The molecule has 0 radical (unpaired) electrons. The molecule has 2 amide bonds. The molecule has 1 aromatic rings. The van der Waals surface area contributed by atoms with Crippen molar-refractivity contribution in [2.75, 3.05) is 45.0 Å². The van der Waals surface area contributed by atoms with Gasteiger partial charge in [-0.25, -0.2) is 0 Å². The van der Waals surface area contributed by atoms with E-state index in [-0.39, 0.29) is 11.8 Å². The maximum atomic E-state index is 12.5. The molecule has 2 aliphatic rings. The molecule has 1 aromatic carbocycles. The first-order chi connectivity index (χ1) is 13.5. The first-order valence-corrected chi connectivity index (χ1v) is 11.6. The number of carbonyl (C=O) groups excluding carboxylic acids is 2. The first kappa shape index (κ1) is 21.8. The van der Waals surface area contributed by atoms with Crippen LogP contribution in [0.1, 0.15) is 25.7 Å². The van der Waals surface area contributed by atoms with Crippen molar-refractivity contribution in [1.29, 1.82) is 0 Å². The topological polar surface area (TPSA) is 52.7 Å². The fourth-order valence-electron chi connectivity index (χ4n) is 3.76. The Bertz CT molecular complexity index is 690. The summed E-state index contributed by atoms with van der Waals surface area (Å²) in [7, 11) is 0. The summed E-state index contributed by atoms with van der Waals surface area (Å²) in [4.78, 5) is 29.7. The Morgan fingerprint density at radius 1 is 1.11 bits per heavy atom. The van der Waals surface area contributed by atoms with Crippen LogP contribution in [-0.4, -0.2) is 66.6 Å². The van der Waals surface area contributed by atoms with Gasteiger partial charge >= 0.3 is 0 Å². The number of nitrogens with zero attached hydrogens (tertiary/aromatic N) is 2. The van der Waals surface area contributed by atoms with Crippen molar-refractivity contribution in [2.24, 2.45) is 5.92 Å². The summed E-state index contributed by atoms with van der Waals surface area (Å²) >= 11 is 13.5. The predicted octanol–water partition coefficient (Wildman–Crippen LogP) is 3.54. The van der Waals surface area contributed by atoms with Crippen LogP contribution >= 0.6 is 35.0 Å². The van der Waals surface area contributed by atoms with Gasteiger partial charge in [0, 0.05) is 55.1 Å². The van der Waals surface area contributed by atoms with Crippen LogP contribution in [-0.2, 0) is 9.59 Å². The Morgan fingerprint density at radius 3 is 2.54 bits per heavy atom. The van der Waals surface area contributed by atoms with Crippen molar-refractivity contribution < 1.29 is 9.59 Å². The minimum Gasteiger partial charge on any atom is -0.354 e. The molecule has 1 N–H and O–H groups in total. The van der Waals surface area contributed by atoms with Gasteiger partial charge in [-0.15, -0.1) is 11.8 Å². The number of amides is 2. The molecule has 3 rings (SSSR count). The molecule has 154 valence electrons. The SMILES string of the molecule is O=C(CSc1cc(Cl)ccc1Cl)NCCN1CCN(C(=O)C2CCCC2)CC1. The first-order valence-electron chi connectivity index (χ1n) is 9.88. The van der Waals surface area contributed by atoms with E-state index in [9.17, 15) is 9.59 Å². The van der Waals surface area contributed by atoms with Crippen LogP contribution in [0.4, 0.5) is 0 Å². The molecule has 1 saturated heterocycles. The largest absolute Gasteiger partial charge is 0.354 e. The summed E-state index contributed by atoms with van der Waals surface area (Å²) in [5.74, 6) is 0.901. The highest BCUT2D eigenvalue weighted by molar-refractivity contribution is 8.00. The zero-order valence-electron chi connectivity index (χ0n) is 16.0. The van der Waals surface area contributed by atoms with Gasteiger partial charge in [-0.05, 0) is 31.0 Å². The fourth-order valence-corrected chi connectivity index (χ4v) is 5.08. The van der Waals surface area contributed by atoms with Gasteiger partial charge in [-0.1, -0.05) is 36.0 Å². The number of rotatable bonds is 7. The zero-order valence-corrected chi connectivity index (χ0v) is 18.3. The van der Waals surface area contributed by atoms with E-state index in [0.717, 1.165) is 50.5 Å². The van der Waals surface area contributed by atoms with E-state index in [1.165, 1.54) is 24.6 Å². The lowest BCUT2D eigenvalue weighted by Crippen LogP contribution is -2.51. The summed E-state index contributed by atoms with van der Waals surface area (Å²) < 4.78 is 0. The van der Waals surface area contributed by atoms with Gasteiger partial charge in [-0.2, -0.15) is 0 Å². The summed E-state index contributed by atoms with van der Waals surface area (Å²) in [5, 5.41) is 4.17. The number of hydrogen-bond donors (Lipinski definition) is 1. The van der Waals surface area contributed by atoms with E-state index < -0.39 is 0 Å². The Hall–Kier alpha value is -0.950. The molecule has 0 atom stereocenters. The molecule has 0 spiro atoms. The molecule has 0 unspecified atom stereocenters. The highest BCUT2D eigenvalue weighted by Crippen LogP contribution is 2.29. The van der Waals surface area contributed by atoms with E-state index >= 15 is 0 Å². The Labute approximate surface area is 181 Å². The van der Waals surface area contributed by atoms with Crippen LogP contribution in [0.5, 0.6) is 0 Å². The average molecular weight is 444 g/mol. The monoisotopic (exact) mass is 443 g/mol. The number of benzene rings is 1. The Balaban J connectivity index is 1.30. The highest BCUT2D eigenvalue weighted by atomic mass is 35.5. The lowest BCUT2D eigenvalue weighted by Gasteiger charge is -2.36. The van der Waals surface area contributed by atoms with Gasteiger partial charge < -0.3 is 10.2 Å². The second kappa shape index (κ2) is 10.7. The molecule has 0 bridgehead atoms. The van der Waals surface area contributed by atoms with Crippen molar-refractivity contribution >= 4 is 46.8 Å². The van der Waals surface area contributed by atoms with Gasteiger partial charge in [0.2, 0.25) is 11.8 Å². The highest BCUT2D eigenvalue weighted by Gasteiger charge is 2.29. The van der Waals surface area contributed by atoms with Crippen molar-refractivity contribution in [2.45, 2.75) is 30.6 Å². The van der Waals surface area contributed by atoms with Crippen molar-refractivity contribution in [3.63, 3.8) is 0 Å². The van der Waals surface area contributed by atoms with Crippen molar-refractivity contribution in [3.8, 4) is 0 Å². The molecule has 1 heterocycles. The molecule has 0 aromatic heterocycles. The van der Waals surface area contributed by atoms with Crippen LogP contribution in [0.2, 0.25) is 10.0 Å². The molecular formula is C20H27Cl2N3O2S. The number of thioether (sulfide) groups is 1. The van der Waals surface area contributed by atoms with E-state index in [2.05, 4.69) is 10.2 Å². The van der Waals surface area contributed by atoms with Crippen LogP contribution in [0.25, 0.3) is 0 Å². The van der Waals surface area contributed by atoms with E-state index in [4.69, 9.17) is 23.2 Å². The van der Waals surface area contributed by atoms with Gasteiger partial charge in [0.15, 0.2) is 0 Å². The summed E-state index contributed by atoms with van der Waals surface area (Å²) in [6, 6.07) is 5.24. The maximum absolute atomic E-state index is 12.5. The minimum absolute atomic E-state index is 0.0175. The van der Waals surface area contributed by atoms with Crippen LogP contribution in [0.3, 0.4) is 0 Å². The second-order valence-electron chi connectivity index (χ2n) is 7.36. The standard InChI is InChI=1S/C20H27Cl2N3O2S/c21-16-5-6-17(22)18(13-16)28-14-19(26)23-7-8-24-9-11-25(12-10-24)20(27)15-3-1-2-4-15/h5-6,13,15H,1-4,7-12,14H2,(H,23,26). The van der Waals surface area contributed by atoms with Gasteiger partial charge in [0.1, 0.15) is 0 Å². The third kappa shape index (κ3) is 6.28. The number of halogens is 2. The van der Waals surface area contributed by atoms with Gasteiger partial charge in [0.25, 0.3) is 0 Å². The lowest BCUT2D eigenvalue weighted by molar-refractivity contribution is -0.137. The van der Waals surface area contributed by atoms with Gasteiger partial charge in [-0.3, -0.25) is 14.5 Å². The van der Waals surface area contributed by atoms with E-state index in [1.807, 2.05) is 4.90 Å². The van der Waals surface area contributed by atoms with E-state index in [0.29, 0.717) is 28.3 Å². The molecule has 8 heteroatoms. The molecule has 1 aliphatic carbocycles. The average Bonchev–Trinajstić information content (AvgIpc) is 3.23. The molecule has 28 heavy (non-hydrogen) atoms. The molecule has 2 fully saturated rings. The lowest BCUT2D eigenvalue weighted by atomic mass is 10.1. The number of piperazine rings is 1. The molecular weight excluding hydrogens is 417 g/mol. The predicted molar refractivity (Wildman–Crippen MR) is 115 cm³/mol. The van der Waals surface area contributed by atoms with Crippen molar-refractivity contribution in [1.82, 2.24) is 15.1 Å². The molecule has 1 saturated carbocycles. The number of carbonyl (C=O) groups is 2. The van der Waals surface area contributed by atoms with Gasteiger partial charge in [0.05, 0.1) is 10.8 Å². The summed E-state index contributed by atoms with van der Waals surface area (Å²) in [5.41, 5.74) is 0. The smallest absolute Gasteiger partial charge is 0.230 e. The summed E-state index contributed by atoms with van der Waals surface area (Å²) in [6.45, 7) is 4.76. The van der Waals surface area contributed by atoms with Crippen molar-refractivity contribution in [3.05, 3.63) is 28.2 Å². The fraction of sp³-hybridized carbons (Fsp3) is 0.600. The number of hydrogen-bond acceptors (Lipinski definition) is 4. The van der Waals surface area contributed by atoms with E-state index in [1.54, 1.807) is 18.2 Å². The van der Waals surface area contributed by atoms with Crippen LogP contribution in [0, 0.1) is 5.92 Å². The molecule has 1 aliphatic heterocycles. The summed E-state index contributed by atoms with van der Waals surface area (Å²) in [6.07, 6.45) is 4.50. The Morgan fingerprint density at radius 2 is 1.82 bits per heavy atom. The van der Waals surface area contributed by atoms with Crippen LogP contribution in [0.15, 0.2) is 23.1 Å². The second-order valence-corrected chi connectivity index (χ2v) is 9.22. The zero-order chi connectivity index (χ0) is 19.9. The normalized spacial score (nSPS) is 18.4. The third-order valence-corrected chi connectivity index (χ3v) is 7.12. The van der Waals surface area contributed by atoms with Crippen LogP contribution < -0.4 is 5.32 Å². The minimum atomic E-state index is -0.0175. The quantitative estimate of drug-likeness (QED) is 0.654.